The highest BCUT2D eigenvalue weighted by molar-refractivity contribution is 5.92. The monoisotopic (exact) mass is 422 g/mol. The second-order valence-electron chi connectivity index (χ2n) is 7.84. The molecule has 0 radical (unpaired) electrons. The highest BCUT2D eigenvalue weighted by atomic mass is 16.3. The first-order chi connectivity index (χ1) is 15.7. The fraction of sp³-hybridized carbons (Fsp3) is 0.200. The predicted molar refractivity (Wildman–Crippen MR) is 125 cm³/mol. The summed E-state index contributed by atoms with van der Waals surface area (Å²) < 4.78 is 0. The van der Waals surface area contributed by atoms with E-state index in [4.69, 9.17) is 9.97 Å². The minimum absolute atomic E-state index is 0.252. The zero-order chi connectivity index (χ0) is 21.9. The second kappa shape index (κ2) is 8.61. The molecule has 1 saturated heterocycles. The average molecular weight is 422 g/mol. The number of nitrogens with one attached hydrogen (secondary N) is 1. The summed E-state index contributed by atoms with van der Waals surface area (Å²) in [6.45, 7) is 1.49. The smallest absolute Gasteiger partial charge is 0.162 e. The summed E-state index contributed by atoms with van der Waals surface area (Å²) in [4.78, 5) is 15.7. The summed E-state index contributed by atoms with van der Waals surface area (Å²) in [7, 11) is 0. The number of hydrogen-bond donors (Lipinski definition) is 2. The molecule has 2 N–H and O–H groups in total. The van der Waals surface area contributed by atoms with Crippen LogP contribution in [0.25, 0.3) is 22.3 Å². The van der Waals surface area contributed by atoms with E-state index in [9.17, 15) is 10.4 Å². The van der Waals surface area contributed by atoms with E-state index in [0.717, 1.165) is 53.8 Å². The Labute approximate surface area is 186 Å². The van der Waals surface area contributed by atoms with Gasteiger partial charge in [-0.05, 0) is 55.3 Å². The maximum absolute atomic E-state index is 9.78. The van der Waals surface area contributed by atoms with Gasteiger partial charge in [0.2, 0.25) is 0 Å². The van der Waals surface area contributed by atoms with Gasteiger partial charge in [0.05, 0.1) is 22.9 Å². The Kier molecular flexibility index (Phi) is 5.36. The quantitative estimate of drug-likeness (QED) is 0.507. The number of rotatable bonds is 4. The molecule has 1 fully saturated rings. The Hall–Kier alpha value is -4.02. The Bertz CT molecular complexity index is 1290. The first-order valence-corrected chi connectivity index (χ1v) is 10.6. The third-order valence-corrected chi connectivity index (χ3v) is 5.73. The predicted octanol–water partition coefficient (Wildman–Crippen LogP) is 4.27. The van der Waals surface area contributed by atoms with E-state index in [0.29, 0.717) is 17.2 Å². The minimum Gasteiger partial charge on any atom is -0.393 e. The van der Waals surface area contributed by atoms with Crippen molar-refractivity contribution in [3.63, 3.8) is 0 Å². The molecule has 158 valence electrons. The zero-order valence-electron chi connectivity index (χ0n) is 17.4. The number of benzene rings is 2. The Morgan fingerprint density at radius 1 is 1.00 bits per heavy atom. The molecule has 3 heterocycles. The molecule has 4 aromatic rings. The highest BCUT2D eigenvalue weighted by Crippen LogP contribution is 2.30. The summed E-state index contributed by atoms with van der Waals surface area (Å²) in [6, 6.07) is 19.7. The summed E-state index contributed by atoms with van der Waals surface area (Å²) in [5, 5.41) is 23.8. The van der Waals surface area contributed by atoms with Gasteiger partial charge in [0.1, 0.15) is 11.9 Å². The lowest BCUT2D eigenvalue weighted by atomic mass is 10.0. The molecule has 0 amide bonds. The van der Waals surface area contributed by atoms with Crippen LogP contribution in [0.3, 0.4) is 0 Å². The van der Waals surface area contributed by atoms with Gasteiger partial charge in [0.15, 0.2) is 5.82 Å². The highest BCUT2D eigenvalue weighted by Gasteiger charge is 2.20. The van der Waals surface area contributed by atoms with Crippen molar-refractivity contribution in [1.29, 1.82) is 5.26 Å². The maximum atomic E-state index is 9.78. The summed E-state index contributed by atoms with van der Waals surface area (Å²) in [6.07, 6.45) is 4.63. The SMILES string of the molecule is N#Cc1cc(Nc2nc(-c3ccncc3)nc3ccccc23)ccc1N1CCC(O)CC1. The number of pyridine rings is 1. The molecule has 0 atom stereocenters. The van der Waals surface area contributed by atoms with Gasteiger partial charge in [0.25, 0.3) is 0 Å². The van der Waals surface area contributed by atoms with E-state index >= 15 is 0 Å². The molecule has 7 nitrogen and oxygen atoms in total. The van der Waals surface area contributed by atoms with Crippen molar-refractivity contribution in [3.05, 3.63) is 72.6 Å². The van der Waals surface area contributed by atoms with Crippen molar-refractivity contribution in [1.82, 2.24) is 15.0 Å². The molecule has 0 bridgehead atoms. The topological polar surface area (TPSA) is 98.0 Å². The standard InChI is InChI=1S/C25H22N6O/c26-16-18-15-19(5-6-23(18)31-13-9-20(32)10-14-31)28-25-21-3-1-2-4-22(21)29-24(30-25)17-7-11-27-12-8-17/h1-8,11-12,15,20,32H,9-10,13-14H2,(H,28,29,30). The van der Waals surface area contributed by atoms with Crippen molar-refractivity contribution >= 4 is 28.1 Å². The largest absolute Gasteiger partial charge is 0.393 e. The normalized spacial score (nSPS) is 14.3. The van der Waals surface area contributed by atoms with Crippen LogP contribution in [0, 0.1) is 11.3 Å². The van der Waals surface area contributed by atoms with Gasteiger partial charge in [-0.15, -0.1) is 0 Å². The molecule has 32 heavy (non-hydrogen) atoms. The number of aliphatic hydroxyl groups is 1. The molecule has 0 aliphatic carbocycles. The van der Waals surface area contributed by atoms with Gasteiger partial charge in [0, 0.05) is 42.1 Å². The van der Waals surface area contributed by atoms with Gasteiger partial charge in [-0.2, -0.15) is 5.26 Å². The van der Waals surface area contributed by atoms with Crippen LogP contribution in [-0.2, 0) is 0 Å². The molecule has 2 aromatic carbocycles. The number of fused-ring (bicyclic) bond motifs is 1. The van der Waals surface area contributed by atoms with Crippen LogP contribution < -0.4 is 10.2 Å². The summed E-state index contributed by atoms with van der Waals surface area (Å²) >= 11 is 0. The lowest BCUT2D eigenvalue weighted by Gasteiger charge is -2.32. The number of hydrogen-bond acceptors (Lipinski definition) is 7. The van der Waals surface area contributed by atoms with Gasteiger partial charge in [-0.1, -0.05) is 12.1 Å². The molecule has 5 rings (SSSR count). The Morgan fingerprint density at radius 3 is 2.56 bits per heavy atom. The van der Waals surface area contributed by atoms with Gasteiger partial charge in [-0.3, -0.25) is 4.98 Å². The van der Waals surface area contributed by atoms with Gasteiger partial charge >= 0.3 is 0 Å². The van der Waals surface area contributed by atoms with Crippen molar-refractivity contribution in [3.8, 4) is 17.5 Å². The van der Waals surface area contributed by atoms with E-state index < -0.39 is 0 Å². The second-order valence-corrected chi connectivity index (χ2v) is 7.84. The van der Waals surface area contributed by atoms with Crippen LogP contribution in [0.15, 0.2) is 67.0 Å². The number of piperidine rings is 1. The van der Waals surface area contributed by atoms with Crippen molar-refractivity contribution in [2.75, 3.05) is 23.3 Å². The zero-order valence-corrected chi connectivity index (χ0v) is 17.4. The Morgan fingerprint density at radius 2 is 1.78 bits per heavy atom. The molecule has 7 heteroatoms. The molecule has 1 aliphatic rings. The van der Waals surface area contributed by atoms with Crippen molar-refractivity contribution in [2.24, 2.45) is 0 Å². The molecule has 0 unspecified atom stereocenters. The number of anilines is 3. The maximum Gasteiger partial charge on any atom is 0.162 e. The number of para-hydroxylation sites is 1. The molecule has 0 spiro atoms. The first-order valence-electron chi connectivity index (χ1n) is 10.6. The van der Waals surface area contributed by atoms with Crippen LogP contribution in [0.2, 0.25) is 0 Å². The fourth-order valence-electron chi connectivity index (χ4n) is 4.02. The molecule has 2 aromatic heterocycles. The molecular formula is C25H22N6O. The summed E-state index contributed by atoms with van der Waals surface area (Å²) in [5.74, 6) is 1.29. The number of nitrogens with zero attached hydrogens (tertiary/aromatic N) is 5. The third kappa shape index (κ3) is 3.96. The van der Waals surface area contributed by atoms with E-state index in [1.54, 1.807) is 12.4 Å². The lowest BCUT2D eigenvalue weighted by molar-refractivity contribution is 0.145. The van der Waals surface area contributed by atoms with E-state index in [-0.39, 0.29) is 6.10 Å². The Balaban J connectivity index is 1.51. The minimum atomic E-state index is -0.252. The molecule has 0 saturated carbocycles. The van der Waals surface area contributed by atoms with E-state index in [1.807, 2.05) is 54.6 Å². The molecular weight excluding hydrogens is 400 g/mol. The average Bonchev–Trinajstić information content (AvgIpc) is 2.85. The number of nitriles is 1. The van der Waals surface area contributed by atoms with Crippen LogP contribution in [-0.4, -0.2) is 39.3 Å². The number of aromatic nitrogens is 3. The van der Waals surface area contributed by atoms with Crippen molar-refractivity contribution < 1.29 is 5.11 Å². The van der Waals surface area contributed by atoms with Crippen LogP contribution in [0.5, 0.6) is 0 Å². The van der Waals surface area contributed by atoms with E-state index in [1.165, 1.54) is 0 Å². The van der Waals surface area contributed by atoms with Crippen molar-refractivity contribution in [2.45, 2.75) is 18.9 Å². The van der Waals surface area contributed by atoms with Gasteiger partial charge in [-0.25, -0.2) is 9.97 Å². The van der Waals surface area contributed by atoms with Crippen LogP contribution >= 0.6 is 0 Å². The van der Waals surface area contributed by atoms with E-state index in [2.05, 4.69) is 21.3 Å². The number of aliphatic hydroxyl groups excluding tert-OH is 1. The fourth-order valence-corrected chi connectivity index (χ4v) is 4.02. The molecule has 1 aliphatic heterocycles. The van der Waals surface area contributed by atoms with Gasteiger partial charge < -0.3 is 15.3 Å². The van der Waals surface area contributed by atoms with Crippen LogP contribution in [0.1, 0.15) is 18.4 Å². The first kappa shape index (κ1) is 19.9. The van der Waals surface area contributed by atoms with Crippen LogP contribution in [0.4, 0.5) is 17.2 Å². The summed E-state index contributed by atoms with van der Waals surface area (Å²) in [5.41, 5.74) is 4.00. The lowest BCUT2D eigenvalue weighted by Crippen LogP contribution is -2.36. The third-order valence-electron chi connectivity index (χ3n) is 5.73.